The second-order valence-corrected chi connectivity index (χ2v) is 5.00. The summed E-state index contributed by atoms with van der Waals surface area (Å²) in [4.78, 5) is 32.6. The summed E-state index contributed by atoms with van der Waals surface area (Å²) in [7, 11) is 1.55. The topological polar surface area (TPSA) is 113 Å². The van der Waals surface area contributed by atoms with Crippen LogP contribution in [0.2, 0.25) is 0 Å². The second kappa shape index (κ2) is 5.55. The van der Waals surface area contributed by atoms with E-state index in [0.717, 1.165) is 5.69 Å². The van der Waals surface area contributed by atoms with Gasteiger partial charge in [0.2, 0.25) is 5.91 Å². The van der Waals surface area contributed by atoms with Gasteiger partial charge in [0.1, 0.15) is 11.5 Å². The van der Waals surface area contributed by atoms with Crippen molar-refractivity contribution in [3.05, 3.63) is 35.0 Å². The molecule has 114 valence electrons. The zero-order chi connectivity index (χ0) is 15.7. The SMILES string of the molecule is CCc1nccc([C@H]2CC(=O)Nc3n[nH]c(C(=O)NC)c32)n1. The molecule has 0 aromatic carbocycles. The summed E-state index contributed by atoms with van der Waals surface area (Å²) in [6.07, 6.45) is 2.59. The number of nitrogens with one attached hydrogen (secondary N) is 3. The number of amides is 2. The highest BCUT2D eigenvalue weighted by atomic mass is 16.2. The Morgan fingerprint density at radius 1 is 1.50 bits per heavy atom. The van der Waals surface area contributed by atoms with Gasteiger partial charge in [0.15, 0.2) is 5.82 Å². The molecule has 22 heavy (non-hydrogen) atoms. The van der Waals surface area contributed by atoms with E-state index in [1.54, 1.807) is 19.3 Å². The van der Waals surface area contributed by atoms with Crippen LogP contribution in [0.4, 0.5) is 5.82 Å². The predicted molar refractivity (Wildman–Crippen MR) is 78.5 cm³/mol. The average Bonchev–Trinajstić information content (AvgIpc) is 2.97. The largest absolute Gasteiger partial charge is 0.354 e. The van der Waals surface area contributed by atoms with Gasteiger partial charge in [-0.3, -0.25) is 14.7 Å². The third-order valence-electron chi connectivity index (χ3n) is 3.65. The number of anilines is 1. The van der Waals surface area contributed by atoms with Crippen molar-refractivity contribution in [1.82, 2.24) is 25.5 Å². The Labute approximate surface area is 126 Å². The molecule has 1 aliphatic heterocycles. The van der Waals surface area contributed by atoms with Crippen molar-refractivity contribution >= 4 is 17.6 Å². The molecule has 1 aliphatic rings. The van der Waals surface area contributed by atoms with Crippen LogP contribution in [0.5, 0.6) is 0 Å². The quantitative estimate of drug-likeness (QED) is 0.768. The van der Waals surface area contributed by atoms with Crippen molar-refractivity contribution in [2.45, 2.75) is 25.7 Å². The van der Waals surface area contributed by atoms with E-state index in [1.165, 1.54) is 0 Å². The standard InChI is InChI=1S/C14H16N6O2/c1-3-9-16-5-4-8(17-9)7-6-10(21)18-13-11(7)12(19-20-13)14(22)15-2/h4-5,7H,3,6H2,1-2H3,(H,15,22)(H2,18,19,20,21)/t7-/m1/s1. The van der Waals surface area contributed by atoms with Gasteiger partial charge in [-0.05, 0) is 6.07 Å². The Hall–Kier alpha value is -2.77. The lowest BCUT2D eigenvalue weighted by Gasteiger charge is -2.22. The molecule has 1 atom stereocenters. The molecule has 0 fully saturated rings. The first-order valence-corrected chi connectivity index (χ1v) is 7.06. The normalized spacial score (nSPS) is 16.8. The summed E-state index contributed by atoms with van der Waals surface area (Å²) in [5.74, 6) is 0.346. The van der Waals surface area contributed by atoms with E-state index in [4.69, 9.17) is 0 Å². The molecule has 0 aliphatic carbocycles. The van der Waals surface area contributed by atoms with Gasteiger partial charge >= 0.3 is 0 Å². The lowest BCUT2D eigenvalue weighted by atomic mass is 9.88. The first-order valence-electron chi connectivity index (χ1n) is 7.06. The third-order valence-corrected chi connectivity index (χ3v) is 3.65. The molecule has 0 spiro atoms. The molecule has 0 bridgehead atoms. The minimum Gasteiger partial charge on any atom is -0.354 e. The number of nitrogens with zero attached hydrogens (tertiary/aromatic N) is 3. The molecule has 0 radical (unpaired) electrons. The van der Waals surface area contributed by atoms with Crippen LogP contribution in [0.15, 0.2) is 12.3 Å². The Kier molecular flexibility index (Phi) is 3.58. The maximum Gasteiger partial charge on any atom is 0.269 e. The molecule has 2 aromatic heterocycles. The van der Waals surface area contributed by atoms with E-state index >= 15 is 0 Å². The van der Waals surface area contributed by atoms with Gasteiger partial charge in [-0.15, -0.1) is 0 Å². The second-order valence-electron chi connectivity index (χ2n) is 5.00. The number of aromatic nitrogens is 4. The van der Waals surface area contributed by atoms with Crippen LogP contribution in [0.25, 0.3) is 0 Å². The zero-order valence-corrected chi connectivity index (χ0v) is 12.3. The van der Waals surface area contributed by atoms with Gasteiger partial charge in [-0.25, -0.2) is 9.97 Å². The number of aromatic amines is 1. The van der Waals surface area contributed by atoms with Crippen LogP contribution in [0, 0.1) is 0 Å². The monoisotopic (exact) mass is 300 g/mol. The summed E-state index contributed by atoms with van der Waals surface area (Å²) in [5.41, 5.74) is 1.73. The van der Waals surface area contributed by atoms with Crippen molar-refractivity contribution in [2.75, 3.05) is 12.4 Å². The smallest absolute Gasteiger partial charge is 0.269 e. The van der Waals surface area contributed by atoms with Crippen molar-refractivity contribution in [3.63, 3.8) is 0 Å². The fourth-order valence-corrected chi connectivity index (χ4v) is 2.59. The minimum absolute atomic E-state index is 0.149. The number of hydrogen-bond acceptors (Lipinski definition) is 5. The van der Waals surface area contributed by atoms with E-state index in [1.807, 2.05) is 6.92 Å². The lowest BCUT2D eigenvalue weighted by molar-refractivity contribution is -0.116. The Morgan fingerprint density at radius 2 is 2.32 bits per heavy atom. The van der Waals surface area contributed by atoms with Gasteiger partial charge in [0.25, 0.3) is 5.91 Å². The van der Waals surface area contributed by atoms with Crippen LogP contribution in [0.3, 0.4) is 0 Å². The number of hydrogen-bond donors (Lipinski definition) is 3. The molecule has 8 heteroatoms. The molecule has 0 unspecified atom stereocenters. The highest BCUT2D eigenvalue weighted by Gasteiger charge is 2.34. The molecule has 2 aromatic rings. The Balaban J connectivity index is 2.11. The van der Waals surface area contributed by atoms with Crippen molar-refractivity contribution in [3.8, 4) is 0 Å². The van der Waals surface area contributed by atoms with Gasteiger partial charge in [-0.2, -0.15) is 5.10 Å². The van der Waals surface area contributed by atoms with Crippen LogP contribution in [0.1, 0.15) is 46.8 Å². The van der Waals surface area contributed by atoms with Crippen molar-refractivity contribution in [2.24, 2.45) is 0 Å². The maximum absolute atomic E-state index is 12.0. The van der Waals surface area contributed by atoms with Gasteiger partial charge < -0.3 is 10.6 Å². The first kappa shape index (κ1) is 14.2. The molecule has 0 saturated heterocycles. The Bertz CT molecular complexity index is 739. The van der Waals surface area contributed by atoms with Crippen LogP contribution >= 0.6 is 0 Å². The number of aryl methyl sites for hydroxylation is 1. The number of carbonyl (C=O) groups is 2. The molecule has 3 rings (SSSR count). The molecular weight excluding hydrogens is 284 g/mol. The van der Waals surface area contributed by atoms with E-state index in [-0.39, 0.29) is 24.2 Å². The fourth-order valence-electron chi connectivity index (χ4n) is 2.59. The van der Waals surface area contributed by atoms with E-state index in [0.29, 0.717) is 29.3 Å². The third kappa shape index (κ3) is 2.32. The molecule has 8 nitrogen and oxygen atoms in total. The minimum atomic E-state index is -0.317. The number of H-pyrrole nitrogens is 1. The summed E-state index contributed by atoms with van der Waals surface area (Å²) in [6, 6.07) is 1.77. The highest BCUT2D eigenvalue weighted by molar-refractivity contribution is 6.00. The van der Waals surface area contributed by atoms with Crippen LogP contribution < -0.4 is 10.6 Å². The average molecular weight is 300 g/mol. The molecule has 3 heterocycles. The van der Waals surface area contributed by atoms with Crippen LogP contribution in [-0.4, -0.2) is 39.0 Å². The summed E-state index contributed by atoms with van der Waals surface area (Å²) in [6.45, 7) is 1.96. The predicted octanol–water partition coefficient (Wildman–Crippen LogP) is 0.596. The van der Waals surface area contributed by atoms with Gasteiger partial charge in [0.05, 0.1) is 5.69 Å². The van der Waals surface area contributed by atoms with E-state index in [9.17, 15) is 9.59 Å². The highest BCUT2D eigenvalue weighted by Crippen LogP contribution is 2.37. The number of carbonyl (C=O) groups excluding carboxylic acids is 2. The van der Waals surface area contributed by atoms with Gasteiger partial charge in [0, 0.05) is 37.6 Å². The number of rotatable bonds is 3. The maximum atomic E-state index is 12.0. The van der Waals surface area contributed by atoms with Crippen LogP contribution in [-0.2, 0) is 11.2 Å². The summed E-state index contributed by atoms with van der Waals surface area (Å²) in [5, 5.41) is 12.0. The van der Waals surface area contributed by atoms with Gasteiger partial charge in [-0.1, -0.05) is 6.92 Å². The molecular formula is C14H16N6O2. The summed E-state index contributed by atoms with van der Waals surface area (Å²) < 4.78 is 0. The zero-order valence-electron chi connectivity index (χ0n) is 12.3. The van der Waals surface area contributed by atoms with Crippen molar-refractivity contribution in [1.29, 1.82) is 0 Å². The molecule has 0 saturated carbocycles. The fraction of sp³-hybridized carbons (Fsp3) is 0.357. The summed E-state index contributed by atoms with van der Waals surface area (Å²) >= 11 is 0. The lowest BCUT2D eigenvalue weighted by Crippen LogP contribution is -2.27. The van der Waals surface area contributed by atoms with E-state index in [2.05, 4.69) is 30.8 Å². The molecule has 3 N–H and O–H groups in total. The van der Waals surface area contributed by atoms with Crippen molar-refractivity contribution < 1.29 is 9.59 Å². The van der Waals surface area contributed by atoms with E-state index < -0.39 is 0 Å². The molecule has 2 amide bonds. The Morgan fingerprint density at radius 3 is 3.05 bits per heavy atom. The first-order chi connectivity index (χ1) is 10.6. The number of fused-ring (bicyclic) bond motifs is 1.